The van der Waals surface area contributed by atoms with Crippen LogP contribution in [0.1, 0.15) is 19.4 Å². The number of hydrogen-bond donors (Lipinski definition) is 1. The van der Waals surface area contributed by atoms with E-state index in [-0.39, 0.29) is 34.6 Å². The first-order valence-electron chi connectivity index (χ1n) is 8.92. The summed E-state index contributed by atoms with van der Waals surface area (Å²) in [5.74, 6) is -2.69. The van der Waals surface area contributed by atoms with Crippen molar-refractivity contribution >= 4 is 34.8 Å². The van der Waals surface area contributed by atoms with Gasteiger partial charge in [-0.2, -0.15) is 0 Å². The van der Waals surface area contributed by atoms with Gasteiger partial charge in [-0.1, -0.05) is 12.1 Å². The summed E-state index contributed by atoms with van der Waals surface area (Å²) < 4.78 is 32.5. The van der Waals surface area contributed by atoms with Crippen molar-refractivity contribution in [2.24, 2.45) is 0 Å². The maximum Gasteiger partial charge on any atom is 0.272 e. The third kappa shape index (κ3) is 4.33. The van der Waals surface area contributed by atoms with Gasteiger partial charge in [-0.3, -0.25) is 9.59 Å². The Morgan fingerprint density at radius 1 is 1.03 bits per heavy atom. The summed E-state index contributed by atoms with van der Waals surface area (Å²) in [4.78, 5) is 27.0. The fourth-order valence-corrected chi connectivity index (χ4v) is 3.74. The molecule has 3 rings (SSSR count). The van der Waals surface area contributed by atoms with Crippen molar-refractivity contribution in [2.45, 2.75) is 20.0 Å². The molecule has 0 radical (unpaired) electrons. The van der Waals surface area contributed by atoms with Gasteiger partial charge in [0, 0.05) is 11.8 Å². The van der Waals surface area contributed by atoms with Crippen molar-refractivity contribution in [1.82, 2.24) is 0 Å². The van der Waals surface area contributed by atoms with Crippen molar-refractivity contribution in [3.05, 3.63) is 64.6 Å². The molecule has 0 saturated carbocycles. The first-order valence-corrected chi connectivity index (χ1v) is 9.91. The maximum atomic E-state index is 13.7. The first kappa shape index (κ1) is 21.0. The molecule has 0 atom stereocenters. The van der Waals surface area contributed by atoms with E-state index >= 15 is 0 Å². The molecule has 152 valence electrons. The largest absolute Gasteiger partial charge is 0.491 e. The van der Waals surface area contributed by atoms with Gasteiger partial charge < -0.3 is 9.84 Å². The molecule has 0 aliphatic carbocycles. The average molecular weight is 419 g/mol. The number of imide groups is 1. The highest BCUT2D eigenvalue weighted by Gasteiger charge is 2.40. The zero-order chi connectivity index (χ0) is 21.1. The zero-order valence-corrected chi connectivity index (χ0v) is 16.6. The van der Waals surface area contributed by atoms with E-state index in [4.69, 9.17) is 9.84 Å². The SMILES string of the molecule is CC(C)Oc1ccc(C2=C(SCCO)C(=O)N(c3ccc(F)c(F)c3)C2=O)cc1. The van der Waals surface area contributed by atoms with E-state index < -0.39 is 23.4 Å². The summed E-state index contributed by atoms with van der Waals surface area (Å²) in [6.45, 7) is 3.59. The van der Waals surface area contributed by atoms with Gasteiger partial charge in [0.1, 0.15) is 5.75 Å². The number of carbonyl (C=O) groups is 2. The first-order chi connectivity index (χ1) is 13.8. The van der Waals surface area contributed by atoms with Crippen LogP contribution < -0.4 is 9.64 Å². The molecule has 2 aromatic rings. The van der Waals surface area contributed by atoms with Crippen LogP contribution in [0, 0.1) is 11.6 Å². The molecule has 0 spiro atoms. The number of halogens is 2. The Hall–Kier alpha value is -2.71. The normalized spacial score (nSPS) is 14.3. The molecule has 5 nitrogen and oxygen atoms in total. The van der Waals surface area contributed by atoms with Crippen LogP contribution >= 0.6 is 11.8 Å². The molecule has 0 bridgehead atoms. The van der Waals surface area contributed by atoms with Gasteiger partial charge in [-0.25, -0.2) is 13.7 Å². The Morgan fingerprint density at radius 3 is 2.31 bits per heavy atom. The number of anilines is 1. The van der Waals surface area contributed by atoms with Gasteiger partial charge in [0.2, 0.25) is 0 Å². The lowest BCUT2D eigenvalue weighted by Gasteiger charge is -2.15. The van der Waals surface area contributed by atoms with Crippen LogP contribution in [0.15, 0.2) is 47.4 Å². The second-order valence-corrected chi connectivity index (χ2v) is 7.62. The number of aliphatic hydroxyl groups is 1. The lowest BCUT2D eigenvalue weighted by Crippen LogP contribution is -2.31. The number of thioether (sulfide) groups is 1. The van der Waals surface area contributed by atoms with E-state index in [1.165, 1.54) is 6.07 Å². The minimum absolute atomic E-state index is 0.0192. The van der Waals surface area contributed by atoms with Gasteiger partial charge in [0.25, 0.3) is 11.8 Å². The lowest BCUT2D eigenvalue weighted by molar-refractivity contribution is -0.119. The van der Waals surface area contributed by atoms with Crippen LogP contribution in [-0.2, 0) is 9.59 Å². The van der Waals surface area contributed by atoms with Crippen molar-refractivity contribution in [3.8, 4) is 5.75 Å². The highest BCUT2D eigenvalue weighted by atomic mass is 32.2. The Bertz CT molecular complexity index is 973. The Morgan fingerprint density at radius 2 is 1.72 bits per heavy atom. The van der Waals surface area contributed by atoms with E-state index in [1.807, 2.05) is 13.8 Å². The Kier molecular flexibility index (Phi) is 6.34. The molecule has 2 amide bonds. The molecule has 2 aromatic carbocycles. The predicted octanol–water partition coefficient (Wildman–Crippen LogP) is 3.76. The summed E-state index contributed by atoms with van der Waals surface area (Å²) in [5.41, 5.74) is 0.579. The fourth-order valence-electron chi connectivity index (χ4n) is 2.88. The molecule has 0 aromatic heterocycles. The third-order valence-electron chi connectivity index (χ3n) is 4.06. The summed E-state index contributed by atoms with van der Waals surface area (Å²) in [6, 6.07) is 9.54. The van der Waals surface area contributed by atoms with Gasteiger partial charge in [0.05, 0.1) is 28.9 Å². The Labute approximate surface area is 171 Å². The molecule has 8 heteroatoms. The summed E-state index contributed by atoms with van der Waals surface area (Å²) in [6.07, 6.45) is -0.0192. The number of hydrogen-bond acceptors (Lipinski definition) is 5. The van der Waals surface area contributed by atoms with Crippen molar-refractivity contribution in [1.29, 1.82) is 0 Å². The van der Waals surface area contributed by atoms with Crippen molar-refractivity contribution in [2.75, 3.05) is 17.3 Å². The summed E-state index contributed by atoms with van der Waals surface area (Å²) >= 11 is 1.04. The van der Waals surface area contributed by atoms with Crippen LogP contribution in [0.2, 0.25) is 0 Å². The smallest absolute Gasteiger partial charge is 0.272 e. The van der Waals surface area contributed by atoms with Crippen molar-refractivity contribution < 1.29 is 28.2 Å². The quantitative estimate of drug-likeness (QED) is 0.693. The molecule has 0 saturated heterocycles. The predicted molar refractivity (Wildman–Crippen MR) is 108 cm³/mol. The maximum absolute atomic E-state index is 13.7. The number of benzene rings is 2. The topological polar surface area (TPSA) is 66.8 Å². The number of aliphatic hydroxyl groups excluding tert-OH is 1. The number of rotatable bonds is 7. The molecule has 0 unspecified atom stereocenters. The van der Waals surface area contributed by atoms with E-state index in [2.05, 4.69) is 0 Å². The van der Waals surface area contributed by atoms with Gasteiger partial charge >= 0.3 is 0 Å². The highest BCUT2D eigenvalue weighted by molar-refractivity contribution is 8.04. The monoisotopic (exact) mass is 419 g/mol. The van der Waals surface area contributed by atoms with Crippen LogP contribution in [0.5, 0.6) is 5.75 Å². The van der Waals surface area contributed by atoms with Crippen LogP contribution in [0.3, 0.4) is 0 Å². The van der Waals surface area contributed by atoms with Crippen LogP contribution in [-0.4, -0.2) is 35.4 Å². The number of amides is 2. The fraction of sp³-hybridized carbons (Fsp3) is 0.238. The van der Waals surface area contributed by atoms with Crippen LogP contribution in [0.4, 0.5) is 14.5 Å². The summed E-state index contributed by atoms with van der Waals surface area (Å²) in [5, 5.41) is 9.14. The molecule has 1 aliphatic rings. The molecule has 1 aliphatic heterocycles. The molecule has 1 N–H and O–H groups in total. The average Bonchev–Trinajstić information content (AvgIpc) is 2.92. The van der Waals surface area contributed by atoms with E-state index in [9.17, 15) is 18.4 Å². The lowest BCUT2D eigenvalue weighted by atomic mass is 10.1. The summed E-state index contributed by atoms with van der Waals surface area (Å²) in [7, 11) is 0. The minimum Gasteiger partial charge on any atom is -0.491 e. The van der Waals surface area contributed by atoms with E-state index in [1.54, 1.807) is 24.3 Å². The van der Waals surface area contributed by atoms with E-state index in [0.29, 0.717) is 11.3 Å². The second kappa shape index (κ2) is 8.75. The highest BCUT2D eigenvalue weighted by Crippen LogP contribution is 2.39. The molecular weight excluding hydrogens is 400 g/mol. The van der Waals surface area contributed by atoms with Crippen molar-refractivity contribution in [3.63, 3.8) is 0 Å². The molecule has 1 heterocycles. The molecular formula is C21H19F2NO4S. The number of ether oxygens (including phenoxy) is 1. The van der Waals surface area contributed by atoms with Gasteiger partial charge in [0.15, 0.2) is 11.6 Å². The third-order valence-corrected chi connectivity index (χ3v) is 5.11. The van der Waals surface area contributed by atoms with E-state index in [0.717, 1.165) is 28.8 Å². The van der Waals surface area contributed by atoms with Crippen LogP contribution in [0.25, 0.3) is 5.57 Å². The Balaban J connectivity index is 2.01. The van der Waals surface area contributed by atoms with Gasteiger partial charge in [-0.05, 0) is 43.7 Å². The molecule has 0 fully saturated rings. The zero-order valence-electron chi connectivity index (χ0n) is 15.8. The number of nitrogens with zero attached hydrogens (tertiary/aromatic N) is 1. The minimum atomic E-state index is -1.16. The second-order valence-electron chi connectivity index (χ2n) is 6.51. The van der Waals surface area contributed by atoms with Gasteiger partial charge in [-0.15, -0.1) is 11.8 Å². The standard InChI is InChI=1S/C21H19F2NO4S/c1-12(2)28-15-6-3-13(4-7-15)18-19(29-10-9-25)21(27)24(20(18)26)14-5-8-16(22)17(23)11-14/h3-8,11-12,25H,9-10H2,1-2H3. The number of carbonyl (C=O) groups excluding carboxylic acids is 2. The molecule has 29 heavy (non-hydrogen) atoms.